The van der Waals surface area contributed by atoms with Gasteiger partial charge < -0.3 is 9.80 Å². The van der Waals surface area contributed by atoms with E-state index < -0.39 is 0 Å². The van der Waals surface area contributed by atoms with E-state index in [0.717, 1.165) is 25.3 Å². The molecule has 2 aliphatic heterocycles. The lowest BCUT2D eigenvalue weighted by Crippen LogP contribution is -2.42. The quantitative estimate of drug-likeness (QED) is 0.810. The molecule has 2 fully saturated rings. The number of piperidine rings is 2. The van der Waals surface area contributed by atoms with Crippen LogP contribution in [0.15, 0.2) is 16.9 Å². The second kappa shape index (κ2) is 8.66. The highest BCUT2D eigenvalue weighted by Gasteiger charge is 2.22. The Labute approximate surface area is 158 Å². The van der Waals surface area contributed by atoms with E-state index in [9.17, 15) is 4.79 Å². The number of hydrogen-bond donors (Lipinski definition) is 0. The van der Waals surface area contributed by atoms with E-state index in [1.807, 2.05) is 6.07 Å². The zero-order valence-electron chi connectivity index (χ0n) is 16.9. The smallest absolute Gasteiger partial charge is 0.266 e. The molecule has 2 saturated heterocycles. The predicted molar refractivity (Wildman–Crippen MR) is 107 cm³/mol. The van der Waals surface area contributed by atoms with Crippen molar-refractivity contribution >= 4 is 0 Å². The first-order valence-electron chi connectivity index (χ1n) is 10.5. The summed E-state index contributed by atoms with van der Waals surface area (Å²) in [7, 11) is 0. The first-order valence-corrected chi connectivity index (χ1v) is 10.5. The van der Waals surface area contributed by atoms with Gasteiger partial charge in [0, 0.05) is 31.1 Å². The van der Waals surface area contributed by atoms with E-state index in [1.165, 1.54) is 58.3 Å². The van der Waals surface area contributed by atoms with Gasteiger partial charge in [0.25, 0.3) is 5.56 Å². The van der Waals surface area contributed by atoms with E-state index >= 15 is 0 Å². The van der Waals surface area contributed by atoms with Gasteiger partial charge in [-0.15, -0.1) is 0 Å². The highest BCUT2D eigenvalue weighted by molar-refractivity contribution is 5.10. The summed E-state index contributed by atoms with van der Waals surface area (Å²) in [5.74, 6) is 0.571. The van der Waals surface area contributed by atoms with Crippen molar-refractivity contribution < 1.29 is 0 Å². The van der Waals surface area contributed by atoms with Crippen LogP contribution in [0.1, 0.15) is 58.6 Å². The van der Waals surface area contributed by atoms with Gasteiger partial charge in [0.1, 0.15) is 0 Å². The Hall–Kier alpha value is -1.20. The van der Waals surface area contributed by atoms with Crippen LogP contribution in [-0.4, -0.2) is 58.8 Å². The molecule has 5 heteroatoms. The summed E-state index contributed by atoms with van der Waals surface area (Å²) in [5, 5.41) is 4.64. The molecule has 0 bridgehead atoms. The molecule has 0 spiro atoms. The third-order valence-corrected chi connectivity index (χ3v) is 5.95. The molecule has 1 aromatic heterocycles. The van der Waals surface area contributed by atoms with E-state index in [4.69, 9.17) is 0 Å². The molecule has 0 N–H and O–H groups in total. The van der Waals surface area contributed by atoms with Crippen LogP contribution >= 0.6 is 0 Å². The normalized spacial score (nSPS) is 21.2. The third-order valence-electron chi connectivity index (χ3n) is 5.95. The Bertz CT molecular complexity index is 620. The summed E-state index contributed by atoms with van der Waals surface area (Å²) >= 11 is 0. The Balaban J connectivity index is 1.47. The molecule has 146 valence electrons. The van der Waals surface area contributed by atoms with Crippen LogP contribution in [0.5, 0.6) is 0 Å². The van der Waals surface area contributed by atoms with Crippen molar-refractivity contribution in [2.75, 3.05) is 39.3 Å². The minimum atomic E-state index is -0.0206. The Kier molecular flexibility index (Phi) is 6.51. The molecule has 5 nitrogen and oxygen atoms in total. The average Bonchev–Trinajstić information content (AvgIpc) is 2.63. The van der Waals surface area contributed by atoms with Gasteiger partial charge in [-0.3, -0.25) is 4.79 Å². The van der Waals surface area contributed by atoms with Gasteiger partial charge in [-0.25, -0.2) is 4.68 Å². The maximum Gasteiger partial charge on any atom is 0.266 e. The second-order valence-corrected chi connectivity index (χ2v) is 9.18. The zero-order valence-corrected chi connectivity index (χ0v) is 16.9. The predicted octanol–water partition coefficient (Wildman–Crippen LogP) is 2.74. The largest absolute Gasteiger partial charge is 0.302 e. The van der Waals surface area contributed by atoms with Gasteiger partial charge in [0.15, 0.2) is 0 Å². The van der Waals surface area contributed by atoms with Crippen LogP contribution in [-0.2, 0) is 12.0 Å². The fourth-order valence-corrected chi connectivity index (χ4v) is 4.08. The van der Waals surface area contributed by atoms with E-state index in [-0.39, 0.29) is 11.0 Å². The highest BCUT2D eigenvalue weighted by Crippen LogP contribution is 2.21. The average molecular weight is 361 g/mol. The fraction of sp³-hybridized carbons (Fsp3) is 0.810. The molecule has 2 aliphatic rings. The molecule has 0 aromatic carbocycles. The Morgan fingerprint density at radius 3 is 2.19 bits per heavy atom. The molecular formula is C21H36N4O. The van der Waals surface area contributed by atoms with E-state index in [1.54, 1.807) is 10.7 Å². The van der Waals surface area contributed by atoms with E-state index in [0.29, 0.717) is 5.92 Å². The maximum absolute atomic E-state index is 12.2. The topological polar surface area (TPSA) is 41.4 Å². The molecule has 0 aliphatic carbocycles. The minimum Gasteiger partial charge on any atom is -0.302 e. The van der Waals surface area contributed by atoms with Crippen LogP contribution < -0.4 is 5.56 Å². The number of nitrogens with zero attached hydrogens (tertiary/aromatic N) is 4. The molecule has 0 saturated carbocycles. The number of aromatic nitrogens is 2. The van der Waals surface area contributed by atoms with Crippen molar-refractivity contribution in [3.8, 4) is 0 Å². The van der Waals surface area contributed by atoms with Crippen LogP contribution in [0, 0.1) is 5.92 Å². The fourth-order valence-electron chi connectivity index (χ4n) is 4.08. The third kappa shape index (κ3) is 5.40. The lowest BCUT2D eigenvalue weighted by Gasteiger charge is -2.34. The molecule has 26 heavy (non-hydrogen) atoms. The molecule has 0 amide bonds. The lowest BCUT2D eigenvalue weighted by molar-refractivity contribution is 0.138. The van der Waals surface area contributed by atoms with Gasteiger partial charge in [0.05, 0.1) is 5.69 Å². The SMILES string of the molecule is CC(C)(C)c1ccc(=O)n(CC2CCN(CCN3CCCCC3)CC2)n1. The van der Waals surface area contributed by atoms with Gasteiger partial charge in [-0.2, -0.15) is 5.10 Å². The van der Waals surface area contributed by atoms with Crippen LogP contribution in [0.2, 0.25) is 0 Å². The first-order chi connectivity index (χ1) is 12.4. The van der Waals surface area contributed by atoms with Gasteiger partial charge in [0.2, 0.25) is 0 Å². The first kappa shape index (κ1) is 19.6. The molecule has 3 rings (SSSR count). The monoisotopic (exact) mass is 360 g/mol. The molecule has 3 heterocycles. The summed E-state index contributed by atoms with van der Waals surface area (Å²) < 4.78 is 1.70. The molecule has 0 unspecified atom stereocenters. The number of hydrogen-bond acceptors (Lipinski definition) is 4. The summed E-state index contributed by atoms with van der Waals surface area (Å²) in [6, 6.07) is 3.56. The summed E-state index contributed by atoms with van der Waals surface area (Å²) in [4.78, 5) is 17.4. The molecular weight excluding hydrogens is 324 g/mol. The maximum atomic E-state index is 12.2. The van der Waals surface area contributed by atoms with Crippen LogP contribution in [0.3, 0.4) is 0 Å². The zero-order chi connectivity index (χ0) is 18.6. The Morgan fingerprint density at radius 2 is 1.58 bits per heavy atom. The molecule has 0 radical (unpaired) electrons. The van der Waals surface area contributed by atoms with Crippen LogP contribution in [0.25, 0.3) is 0 Å². The molecule has 0 atom stereocenters. The summed E-state index contributed by atoms with van der Waals surface area (Å²) in [5.41, 5.74) is 1.01. The Morgan fingerprint density at radius 1 is 0.962 bits per heavy atom. The van der Waals surface area contributed by atoms with Crippen molar-refractivity contribution in [2.45, 2.75) is 64.8 Å². The highest BCUT2D eigenvalue weighted by atomic mass is 16.1. The summed E-state index contributed by atoms with van der Waals surface area (Å²) in [6.07, 6.45) is 6.50. The van der Waals surface area contributed by atoms with Crippen molar-refractivity contribution in [1.29, 1.82) is 0 Å². The standard InChI is InChI=1S/C21H36N4O/c1-21(2,3)19-7-8-20(26)25(22-19)17-18-9-13-24(14-10-18)16-15-23-11-5-4-6-12-23/h7-8,18H,4-6,9-17H2,1-3H3. The molecule has 1 aromatic rings. The minimum absolute atomic E-state index is 0.0206. The van der Waals surface area contributed by atoms with Gasteiger partial charge >= 0.3 is 0 Å². The number of likely N-dealkylation sites (tertiary alicyclic amines) is 2. The van der Waals surface area contributed by atoms with Crippen molar-refractivity contribution in [3.05, 3.63) is 28.2 Å². The van der Waals surface area contributed by atoms with E-state index in [2.05, 4.69) is 35.7 Å². The van der Waals surface area contributed by atoms with Crippen molar-refractivity contribution in [1.82, 2.24) is 19.6 Å². The van der Waals surface area contributed by atoms with Crippen LogP contribution in [0.4, 0.5) is 0 Å². The lowest BCUT2D eigenvalue weighted by atomic mass is 9.92. The van der Waals surface area contributed by atoms with Crippen molar-refractivity contribution in [2.24, 2.45) is 5.92 Å². The van der Waals surface area contributed by atoms with Gasteiger partial charge in [-0.1, -0.05) is 27.2 Å². The summed E-state index contributed by atoms with van der Waals surface area (Å²) in [6.45, 7) is 14.5. The van der Waals surface area contributed by atoms with Gasteiger partial charge in [-0.05, 0) is 63.8 Å². The second-order valence-electron chi connectivity index (χ2n) is 9.18. The number of rotatable bonds is 5. The van der Waals surface area contributed by atoms with Crippen molar-refractivity contribution in [3.63, 3.8) is 0 Å².